The number of aromatic nitrogens is 2. The molecule has 0 saturated carbocycles. The van der Waals surface area contributed by atoms with Crippen LogP contribution in [0.2, 0.25) is 0 Å². The third-order valence-corrected chi connectivity index (χ3v) is 3.71. The van der Waals surface area contributed by atoms with Crippen molar-refractivity contribution in [2.45, 2.75) is 25.8 Å². The van der Waals surface area contributed by atoms with Crippen LogP contribution in [0.1, 0.15) is 18.7 Å². The lowest BCUT2D eigenvalue weighted by molar-refractivity contribution is 0.131. The highest BCUT2D eigenvalue weighted by molar-refractivity contribution is 7.09. The summed E-state index contributed by atoms with van der Waals surface area (Å²) in [5.41, 5.74) is 0. The Morgan fingerprint density at radius 2 is 2.47 bits per heavy atom. The van der Waals surface area contributed by atoms with Crippen LogP contribution in [0.3, 0.4) is 0 Å². The number of methoxy groups -OCH3 is 1. The number of nitrogens with one attached hydrogen (secondary N) is 1. The summed E-state index contributed by atoms with van der Waals surface area (Å²) in [4.78, 5) is 6.79. The van der Waals surface area contributed by atoms with E-state index in [1.165, 1.54) is 30.9 Å². The van der Waals surface area contributed by atoms with Crippen molar-refractivity contribution < 1.29 is 4.74 Å². The first-order valence-corrected chi connectivity index (χ1v) is 6.83. The van der Waals surface area contributed by atoms with E-state index in [4.69, 9.17) is 4.74 Å². The van der Waals surface area contributed by atoms with E-state index in [-0.39, 0.29) is 0 Å². The van der Waals surface area contributed by atoms with Gasteiger partial charge in [0.15, 0.2) is 0 Å². The number of piperidine rings is 1. The molecule has 96 valence electrons. The molecule has 0 aliphatic carbocycles. The summed E-state index contributed by atoms with van der Waals surface area (Å²) < 4.78 is 9.30. The molecule has 6 heteroatoms. The van der Waals surface area contributed by atoms with Gasteiger partial charge in [0.05, 0.1) is 6.61 Å². The molecule has 1 aliphatic heterocycles. The van der Waals surface area contributed by atoms with Crippen molar-refractivity contribution in [3.8, 4) is 0 Å². The van der Waals surface area contributed by atoms with Gasteiger partial charge in [0, 0.05) is 37.8 Å². The lowest BCUT2D eigenvalue weighted by Crippen LogP contribution is -2.43. The normalized spacial score (nSPS) is 21.6. The standard InChI is InChI=1S/C11H20N4OS/c1-9-12-11(17-14-9)13-10-4-3-5-15(8-10)6-7-16-2/h10H,3-8H2,1-2H3,(H,12,13,14). The van der Waals surface area contributed by atoms with Gasteiger partial charge < -0.3 is 10.1 Å². The van der Waals surface area contributed by atoms with Gasteiger partial charge in [0.2, 0.25) is 5.13 Å². The van der Waals surface area contributed by atoms with Crippen LogP contribution < -0.4 is 5.32 Å². The Hall–Kier alpha value is -0.720. The van der Waals surface area contributed by atoms with Crippen molar-refractivity contribution in [2.24, 2.45) is 0 Å². The molecule has 1 aliphatic rings. The number of hydrogen-bond acceptors (Lipinski definition) is 6. The highest BCUT2D eigenvalue weighted by atomic mass is 32.1. The van der Waals surface area contributed by atoms with Crippen molar-refractivity contribution in [3.05, 3.63) is 5.82 Å². The summed E-state index contributed by atoms with van der Waals surface area (Å²) in [6, 6.07) is 0.493. The van der Waals surface area contributed by atoms with Crippen LogP contribution in [-0.4, -0.2) is 53.7 Å². The summed E-state index contributed by atoms with van der Waals surface area (Å²) >= 11 is 1.45. The number of nitrogens with zero attached hydrogens (tertiary/aromatic N) is 3. The molecule has 1 unspecified atom stereocenters. The van der Waals surface area contributed by atoms with Gasteiger partial charge in [0.25, 0.3) is 0 Å². The van der Waals surface area contributed by atoms with Crippen LogP contribution in [0.15, 0.2) is 0 Å². The Balaban J connectivity index is 1.80. The van der Waals surface area contributed by atoms with Crippen molar-refractivity contribution >= 4 is 16.7 Å². The molecule has 1 aromatic rings. The molecule has 5 nitrogen and oxygen atoms in total. The molecule has 2 heterocycles. The fourth-order valence-electron chi connectivity index (χ4n) is 2.13. The minimum atomic E-state index is 0.493. The molecule has 1 fully saturated rings. The minimum Gasteiger partial charge on any atom is -0.383 e. The number of aryl methyl sites for hydroxylation is 1. The van der Waals surface area contributed by atoms with Gasteiger partial charge >= 0.3 is 0 Å². The Morgan fingerprint density at radius 1 is 1.59 bits per heavy atom. The average molecular weight is 256 g/mol. The predicted octanol–water partition coefficient (Wildman–Crippen LogP) is 1.37. The second kappa shape index (κ2) is 6.28. The fraction of sp³-hybridized carbons (Fsp3) is 0.818. The van der Waals surface area contributed by atoms with Gasteiger partial charge in [-0.1, -0.05) is 0 Å². The van der Waals surface area contributed by atoms with Gasteiger partial charge in [-0.15, -0.1) is 0 Å². The molecule has 1 saturated heterocycles. The Bertz CT molecular complexity index is 344. The first-order valence-electron chi connectivity index (χ1n) is 6.06. The third kappa shape index (κ3) is 3.90. The Labute approximate surface area is 106 Å². The van der Waals surface area contributed by atoms with E-state index in [1.807, 2.05) is 6.92 Å². The molecule has 0 aromatic carbocycles. The lowest BCUT2D eigenvalue weighted by Gasteiger charge is -2.32. The van der Waals surface area contributed by atoms with Crippen molar-refractivity contribution in [2.75, 3.05) is 38.7 Å². The van der Waals surface area contributed by atoms with Crippen molar-refractivity contribution in [3.63, 3.8) is 0 Å². The smallest absolute Gasteiger partial charge is 0.202 e. The maximum absolute atomic E-state index is 5.12. The molecule has 1 N–H and O–H groups in total. The van der Waals surface area contributed by atoms with Crippen molar-refractivity contribution in [1.29, 1.82) is 0 Å². The number of anilines is 1. The molecule has 0 bridgehead atoms. The first kappa shape index (κ1) is 12.7. The zero-order valence-corrected chi connectivity index (χ0v) is 11.3. The molecular weight excluding hydrogens is 236 g/mol. The largest absolute Gasteiger partial charge is 0.383 e. The molecule has 0 spiro atoms. The molecule has 0 radical (unpaired) electrons. The number of likely N-dealkylation sites (tertiary alicyclic amines) is 1. The second-order valence-corrected chi connectivity index (χ2v) is 5.18. The quantitative estimate of drug-likeness (QED) is 0.862. The molecule has 0 amide bonds. The van der Waals surface area contributed by atoms with Gasteiger partial charge in [-0.3, -0.25) is 4.90 Å². The summed E-state index contributed by atoms with van der Waals surface area (Å²) in [5.74, 6) is 0.851. The molecule has 17 heavy (non-hydrogen) atoms. The molecule has 1 aromatic heterocycles. The highest BCUT2D eigenvalue weighted by Gasteiger charge is 2.20. The summed E-state index contributed by atoms with van der Waals surface area (Å²) in [7, 11) is 1.75. The van der Waals surface area contributed by atoms with E-state index in [0.29, 0.717) is 6.04 Å². The topological polar surface area (TPSA) is 50.3 Å². The first-order chi connectivity index (χ1) is 8.28. The number of rotatable bonds is 5. The summed E-state index contributed by atoms with van der Waals surface area (Å²) in [6.07, 6.45) is 2.45. The van der Waals surface area contributed by atoms with Crippen LogP contribution in [0.5, 0.6) is 0 Å². The van der Waals surface area contributed by atoms with E-state index >= 15 is 0 Å². The zero-order valence-electron chi connectivity index (χ0n) is 10.5. The van der Waals surface area contributed by atoms with Gasteiger partial charge in [0.1, 0.15) is 5.82 Å². The van der Waals surface area contributed by atoms with Crippen LogP contribution in [-0.2, 0) is 4.74 Å². The molecular formula is C11H20N4OS. The average Bonchev–Trinajstić information content (AvgIpc) is 2.73. The SMILES string of the molecule is COCCN1CCCC(Nc2nc(C)ns2)C1. The Morgan fingerprint density at radius 3 is 3.18 bits per heavy atom. The van der Waals surface area contributed by atoms with Crippen LogP contribution in [0.25, 0.3) is 0 Å². The van der Waals surface area contributed by atoms with E-state index in [0.717, 1.165) is 30.7 Å². The summed E-state index contributed by atoms with van der Waals surface area (Å²) in [5, 5.41) is 4.42. The molecule has 2 rings (SSSR count). The van der Waals surface area contributed by atoms with Gasteiger partial charge in [-0.25, -0.2) is 4.98 Å². The lowest BCUT2D eigenvalue weighted by atomic mass is 10.1. The fourth-order valence-corrected chi connectivity index (χ4v) is 2.78. The number of ether oxygens (including phenoxy) is 1. The summed E-state index contributed by atoms with van der Waals surface area (Å²) in [6.45, 7) is 6.00. The van der Waals surface area contributed by atoms with Crippen LogP contribution in [0, 0.1) is 6.92 Å². The third-order valence-electron chi connectivity index (χ3n) is 2.97. The molecule has 1 atom stereocenters. The Kier molecular flexibility index (Phi) is 4.70. The van der Waals surface area contributed by atoms with E-state index in [9.17, 15) is 0 Å². The van der Waals surface area contributed by atoms with Gasteiger partial charge in [-0.2, -0.15) is 4.37 Å². The van der Waals surface area contributed by atoms with Gasteiger partial charge in [-0.05, 0) is 26.3 Å². The maximum atomic E-state index is 5.12. The number of hydrogen-bond donors (Lipinski definition) is 1. The van der Waals surface area contributed by atoms with E-state index in [2.05, 4.69) is 19.6 Å². The van der Waals surface area contributed by atoms with Crippen LogP contribution >= 0.6 is 11.5 Å². The van der Waals surface area contributed by atoms with E-state index < -0.39 is 0 Å². The van der Waals surface area contributed by atoms with E-state index in [1.54, 1.807) is 7.11 Å². The zero-order chi connectivity index (χ0) is 12.1. The van der Waals surface area contributed by atoms with Crippen molar-refractivity contribution in [1.82, 2.24) is 14.3 Å². The maximum Gasteiger partial charge on any atom is 0.202 e. The highest BCUT2D eigenvalue weighted by Crippen LogP contribution is 2.17. The second-order valence-electron chi connectivity index (χ2n) is 4.42. The predicted molar refractivity (Wildman–Crippen MR) is 69.6 cm³/mol. The minimum absolute atomic E-state index is 0.493. The monoisotopic (exact) mass is 256 g/mol. The van der Waals surface area contributed by atoms with Crippen LogP contribution in [0.4, 0.5) is 5.13 Å².